The van der Waals surface area contributed by atoms with Crippen LogP contribution in [-0.2, 0) is 6.18 Å². The number of carbonyl (C=O) groups is 1. The summed E-state index contributed by atoms with van der Waals surface area (Å²) >= 11 is 0. The largest absolute Gasteiger partial charge is 0.417 e. The molecule has 92 valence electrons. The molecule has 2 heterocycles. The van der Waals surface area contributed by atoms with E-state index in [1.807, 2.05) is 0 Å². The van der Waals surface area contributed by atoms with Gasteiger partial charge < -0.3 is 0 Å². The third-order valence-corrected chi connectivity index (χ3v) is 2.19. The van der Waals surface area contributed by atoms with Gasteiger partial charge in [-0.2, -0.15) is 13.2 Å². The second kappa shape index (κ2) is 4.52. The normalized spacial score (nSPS) is 11.3. The van der Waals surface area contributed by atoms with E-state index in [4.69, 9.17) is 0 Å². The van der Waals surface area contributed by atoms with Crippen LogP contribution in [-0.4, -0.2) is 20.7 Å². The van der Waals surface area contributed by atoms with Crippen LogP contribution in [0.5, 0.6) is 0 Å². The Labute approximate surface area is 99.5 Å². The lowest BCUT2D eigenvalue weighted by atomic mass is 10.0. The molecule has 0 bridgehead atoms. The van der Waals surface area contributed by atoms with Gasteiger partial charge in [0.1, 0.15) is 12.0 Å². The zero-order valence-corrected chi connectivity index (χ0v) is 8.85. The summed E-state index contributed by atoms with van der Waals surface area (Å²) < 4.78 is 38.1. The van der Waals surface area contributed by atoms with Gasteiger partial charge >= 0.3 is 6.18 Å². The lowest BCUT2D eigenvalue weighted by Crippen LogP contribution is -2.15. The molecule has 0 radical (unpaired) electrons. The summed E-state index contributed by atoms with van der Waals surface area (Å²) in [5.74, 6) is -0.835. The quantitative estimate of drug-likeness (QED) is 0.769. The number of pyridine rings is 1. The SMILES string of the molecule is O=C(c1ccncn1)c1cnccc1C(F)(F)F. The molecule has 0 aliphatic carbocycles. The number of halogens is 3. The molecule has 0 N–H and O–H groups in total. The van der Waals surface area contributed by atoms with Gasteiger partial charge in [0.05, 0.1) is 11.1 Å². The van der Waals surface area contributed by atoms with E-state index >= 15 is 0 Å². The van der Waals surface area contributed by atoms with E-state index in [0.29, 0.717) is 0 Å². The van der Waals surface area contributed by atoms with Crippen molar-refractivity contribution in [1.29, 1.82) is 0 Å². The minimum Gasteiger partial charge on any atom is -0.287 e. The van der Waals surface area contributed by atoms with Gasteiger partial charge in [-0.1, -0.05) is 0 Å². The molecule has 2 aromatic heterocycles. The molecule has 4 nitrogen and oxygen atoms in total. The minimum absolute atomic E-state index is 0.108. The van der Waals surface area contributed by atoms with Crippen molar-refractivity contribution in [2.75, 3.05) is 0 Å². The van der Waals surface area contributed by atoms with Gasteiger partial charge in [-0.15, -0.1) is 0 Å². The maximum atomic E-state index is 12.7. The first kappa shape index (κ1) is 12.2. The van der Waals surface area contributed by atoms with Gasteiger partial charge in [-0.25, -0.2) is 9.97 Å². The molecule has 7 heteroatoms. The molecule has 0 unspecified atom stereocenters. The van der Waals surface area contributed by atoms with E-state index in [9.17, 15) is 18.0 Å². The Hall–Kier alpha value is -2.31. The van der Waals surface area contributed by atoms with Gasteiger partial charge in [-0.3, -0.25) is 9.78 Å². The van der Waals surface area contributed by atoms with Crippen molar-refractivity contribution in [3.05, 3.63) is 53.9 Å². The van der Waals surface area contributed by atoms with Gasteiger partial charge in [0.15, 0.2) is 0 Å². The van der Waals surface area contributed by atoms with Crippen molar-refractivity contribution in [3.8, 4) is 0 Å². The van der Waals surface area contributed by atoms with Crippen molar-refractivity contribution in [1.82, 2.24) is 15.0 Å². The first-order valence-corrected chi connectivity index (χ1v) is 4.82. The highest BCUT2D eigenvalue weighted by Crippen LogP contribution is 2.32. The van der Waals surface area contributed by atoms with Crippen molar-refractivity contribution in [2.24, 2.45) is 0 Å². The van der Waals surface area contributed by atoms with Crippen LogP contribution in [0.25, 0.3) is 0 Å². The first-order chi connectivity index (χ1) is 8.50. The molecular weight excluding hydrogens is 247 g/mol. The first-order valence-electron chi connectivity index (χ1n) is 4.82. The number of carbonyl (C=O) groups excluding carboxylic acids is 1. The fourth-order valence-electron chi connectivity index (χ4n) is 1.39. The predicted octanol–water partition coefficient (Wildman–Crippen LogP) is 2.12. The Bertz CT molecular complexity index is 569. The van der Waals surface area contributed by atoms with E-state index < -0.39 is 23.1 Å². The Morgan fingerprint density at radius 2 is 1.83 bits per heavy atom. The summed E-state index contributed by atoms with van der Waals surface area (Å²) in [5, 5.41) is 0. The molecule has 18 heavy (non-hydrogen) atoms. The van der Waals surface area contributed by atoms with Gasteiger partial charge in [0.25, 0.3) is 0 Å². The fourth-order valence-corrected chi connectivity index (χ4v) is 1.39. The Kier molecular flexibility index (Phi) is 3.05. The molecule has 2 rings (SSSR count). The highest BCUT2D eigenvalue weighted by Gasteiger charge is 2.35. The highest BCUT2D eigenvalue weighted by molar-refractivity contribution is 6.08. The summed E-state index contributed by atoms with van der Waals surface area (Å²) in [6.07, 6.45) is -0.367. The smallest absolute Gasteiger partial charge is 0.287 e. The van der Waals surface area contributed by atoms with Gasteiger partial charge in [0, 0.05) is 18.6 Å². The van der Waals surface area contributed by atoms with Crippen molar-refractivity contribution in [3.63, 3.8) is 0 Å². The number of aromatic nitrogens is 3. The summed E-state index contributed by atoms with van der Waals surface area (Å²) in [6, 6.07) is 2.00. The predicted molar refractivity (Wildman–Crippen MR) is 54.7 cm³/mol. The molecule has 0 aliphatic heterocycles. The van der Waals surface area contributed by atoms with E-state index in [1.54, 1.807) is 0 Å². The topological polar surface area (TPSA) is 55.7 Å². The monoisotopic (exact) mass is 253 g/mol. The maximum absolute atomic E-state index is 12.7. The molecule has 0 saturated heterocycles. The molecule has 0 fully saturated rings. The standard InChI is InChI=1S/C11H6F3N3O/c12-11(13,14)8-1-3-15-5-7(8)10(18)9-2-4-16-6-17-9/h1-6H. The van der Waals surface area contributed by atoms with Gasteiger partial charge in [0.2, 0.25) is 5.78 Å². The third kappa shape index (κ3) is 2.34. The van der Waals surface area contributed by atoms with E-state index in [-0.39, 0.29) is 5.69 Å². The molecule has 0 aromatic carbocycles. The van der Waals surface area contributed by atoms with Crippen molar-refractivity contribution in [2.45, 2.75) is 6.18 Å². The second-order valence-corrected chi connectivity index (χ2v) is 3.34. The van der Waals surface area contributed by atoms with E-state index in [1.165, 1.54) is 12.3 Å². The molecule has 0 aliphatic rings. The average Bonchev–Trinajstić information content (AvgIpc) is 2.38. The lowest BCUT2D eigenvalue weighted by Gasteiger charge is -2.10. The summed E-state index contributed by atoms with van der Waals surface area (Å²) in [5.41, 5.74) is -1.66. The number of hydrogen-bond acceptors (Lipinski definition) is 4. The number of alkyl halides is 3. The third-order valence-electron chi connectivity index (χ3n) is 2.19. The van der Waals surface area contributed by atoms with Crippen LogP contribution < -0.4 is 0 Å². The minimum atomic E-state index is -4.61. The summed E-state index contributed by atoms with van der Waals surface area (Å²) in [7, 11) is 0. The van der Waals surface area contributed by atoms with E-state index in [0.717, 1.165) is 24.8 Å². The Balaban J connectivity index is 2.50. The number of hydrogen-bond donors (Lipinski definition) is 0. The van der Waals surface area contributed by atoms with Crippen LogP contribution in [0, 0.1) is 0 Å². The zero-order chi connectivity index (χ0) is 13.2. The lowest BCUT2D eigenvalue weighted by molar-refractivity contribution is -0.137. The molecule has 0 spiro atoms. The van der Waals surface area contributed by atoms with E-state index in [2.05, 4.69) is 15.0 Å². The summed E-state index contributed by atoms with van der Waals surface area (Å²) in [6.45, 7) is 0. The van der Waals surface area contributed by atoms with Crippen LogP contribution in [0.15, 0.2) is 37.1 Å². The highest BCUT2D eigenvalue weighted by atomic mass is 19.4. The molecule has 0 atom stereocenters. The molecule has 0 amide bonds. The summed E-state index contributed by atoms with van der Waals surface area (Å²) in [4.78, 5) is 22.6. The van der Waals surface area contributed by atoms with Crippen LogP contribution in [0.3, 0.4) is 0 Å². The second-order valence-electron chi connectivity index (χ2n) is 3.34. The average molecular weight is 253 g/mol. The Morgan fingerprint density at radius 1 is 1.11 bits per heavy atom. The zero-order valence-electron chi connectivity index (χ0n) is 8.85. The van der Waals surface area contributed by atoms with Crippen molar-refractivity contribution >= 4 is 5.78 Å². The molecular formula is C11H6F3N3O. The molecule has 0 saturated carbocycles. The van der Waals surface area contributed by atoms with Crippen LogP contribution in [0.4, 0.5) is 13.2 Å². The van der Waals surface area contributed by atoms with Crippen molar-refractivity contribution < 1.29 is 18.0 Å². The fraction of sp³-hybridized carbons (Fsp3) is 0.0909. The van der Waals surface area contributed by atoms with Crippen LogP contribution in [0.1, 0.15) is 21.6 Å². The van der Waals surface area contributed by atoms with Gasteiger partial charge in [-0.05, 0) is 12.1 Å². The number of ketones is 1. The molecule has 2 aromatic rings. The number of rotatable bonds is 2. The maximum Gasteiger partial charge on any atom is 0.417 e. The van der Waals surface area contributed by atoms with Crippen LogP contribution in [0.2, 0.25) is 0 Å². The van der Waals surface area contributed by atoms with Crippen LogP contribution >= 0.6 is 0 Å². The Morgan fingerprint density at radius 3 is 2.44 bits per heavy atom. The number of nitrogens with zero attached hydrogens (tertiary/aromatic N) is 3.